The first-order valence-corrected chi connectivity index (χ1v) is 11.2. The number of pyridine rings is 1. The maximum atomic E-state index is 12.3. The highest BCUT2D eigenvalue weighted by molar-refractivity contribution is 8.00. The summed E-state index contributed by atoms with van der Waals surface area (Å²) in [6.07, 6.45) is 2.85. The van der Waals surface area contributed by atoms with Crippen molar-refractivity contribution in [3.8, 4) is 12.1 Å². The molecule has 0 spiro atoms. The van der Waals surface area contributed by atoms with Crippen LogP contribution < -0.4 is 10.6 Å². The number of primary amides is 1. The highest BCUT2D eigenvalue weighted by Gasteiger charge is 2.35. The topological polar surface area (TPSA) is 127 Å². The van der Waals surface area contributed by atoms with Gasteiger partial charge in [0, 0.05) is 13.1 Å². The number of piperidine rings is 1. The van der Waals surface area contributed by atoms with E-state index in [-0.39, 0.29) is 5.92 Å². The van der Waals surface area contributed by atoms with E-state index in [0.29, 0.717) is 47.0 Å². The number of thioether (sulfide) groups is 1. The predicted molar refractivity (Wildman–Crippen MR) is 117 cm³/mol. The van der Waals surface area contributed by atoms with Crippen LogP contribution in [0, 0.1) is 22.7 Å². The molecule has 1 amide bonds. The Balaban J connectivity index is 1.84. The molecule has 0 radical (unpaired) electrons. The van der Waals surface area contributed by atoms with Gasteiger partial charge in [-0.1, -0.05) is 42.1 Å². The van der Waals surface area contributed by atoms with Crippen LogP contribution in [0.25, 0.3) is 0 Å². The van der Waals surface area contributed by atoms with Crippen molar-refractivity contribution >= 4 is 23.5 Å². The van der Waals surface area contributed by atoms with Crippen molar-refractivity contribution in [2.45, 2.75) is 48.0 Å². The fraction of sp³-hybridized carbons (Fsp3) is 0.391. The number of amides is 1. The Morgan fingerprint density at radius 2 is 1.90 bits per heavy atom. The molecule has 1 aromatic carbocycles. The van der Waals surface area contributed by atoms with Gasteiger partial charge in [0.25, 0.3) is 0 Å². The van der Waals surface area contributed by atoms with Crippen molar-refractivity contribution in [2.24, 2.45) is 5.73 Å². The van der Waals surface area contributed by atoms with E-state index in [1.807, 2.05) is 35.2 Å². The molecule has 1 saturated carbocycles. The van der Waals surface area contributed by atoms with Gasteiger partial charge in [0.1, 0.15) is 28.2 Å². The SMILES string of the molecule is N#Cc1c(SC(C(N)=O)c2ccccc2)nc(N2CCC[C@H](O)C2)c(C#N)c1C1CC1. The van der Waals surface area contributed by atoms with Crippen LogP contribution in [-0.4, -0.2) is 35.2 Å². The molecule has 2 aliphatic rings. The maximum Gasteiger partial charge on any atom is 0.235 e. The minimum Gasteiger partial charge on any atom is -0.391 e. The molecule has 2 fully saturated rings. The van der Waals surface area contributed by atoms with E-state index < -0.39 is 17.3 Å². The molecule has 1 aliphatic carbocycles. The Morgan fingerprint density at radius 1 is 1.19 bits per heavy atom. The van der Waals surface area contributed by atoms with E-state index in [4.69, 9.17) is 10.7 Å². The normalized spacial score (nSPS) is 19.3. The van der Waals surface area contributed by atoms with Gasteiger partial charge in [0.05, 0.1) is 17.2 Å². The van der Waals surface area contributed by atoms with Crippen LogP contribution in [0.15, 0.2) is 35.4 Å². The Kier molecular flexibility index (Phi) is 6.13. The molecule has 2 aromatic rings. The number of nitriles is 2. The number of carbonyl (C=O) groups excluding carboxylic acids is 1. The van der Waals surface area contributed by atoms with Crippen molar-refractivity contribution < 1.29 is 9.90 Å². The average Bonchev–Trinajstić information content (AvgIpc) is 3.62. The van der Waals surface area contributed by atoms with Crippen molar-refractivity contribution in [3.05, 3.63) is 52.6 Å². The van der Waals surface area contributed by atoms with E-state index in [9.17, 15) is 20.4 Å². The van der Waals surface area contributed by atoms with Crippen molar-refractivity contribution in [3.63, 3.8) is 0 Å². The number of nitrogens with zero attached hydrogens (tertiary/aromatic N) is 4. The molecule has 1 unspecified atom stereocenters. The van der Waals surface area contributed by atoms with Gasteiger partial charge in [-0.2, -0.15) is 10.5 Å². The van der Waals surface area contributed by atoms with Gasteiger partial charge in [-0.05, 0) is 42.7 Å². The summed E-state index contributed by atoms with van der Waals surface area (Å²) in [7, 11) is 0. The number of aliphatic hydroxyl groups excluding tert-OH is 1. The second kappa shape index (κ2) is 8.97. The van der Waals surface area contributed by atoms with E-state index in [0.717, 1.165) is 36.6 Å². The number of nitrogens with two attached hydrogens (primary N) is 1. The van der Waals surface area contributed by atoms with E-state index in [1.54, 1.807) is 0 Å². The molecule has 0 bridgehead atoms. The minimum absolute atomic E-state index is 0.142. The lowest BCUT2D eigenvalue weighted by molar-refractivity contribution is -0.117. The van der Waals surface area contributed by atoms with Crippen molar-refractivity contribution in [1.82, 2.24) is 4.98 Å². The monoisotopic (exact) mass is 433 g/mol. The molecule has 1 aliphatic heterocycles. The Bertz CT molecular complexity index is 1070. The third-order valence-corrected chi connectivity index (χ3v) is 6.94. The highest BCUT2D eigenvalue weighted by Crippen LogP contribution is 2.48. The Morgan fingerprint density at radius 3 is 2.48 bits per heavy atom. The van der Waals surface area contributed by atoms with Gasteiger partial charge in [-0.3, -0.25) is 4.79 Å². The van der Waals surface area contributed by atoms with Crippen LogP contribution in [0.3, 0.4) is 0 Å². The van der Waals surface area contributed by atoms with Crippen LogP contribution in [0.1, 0.15) is 59.1 Å². The maximum absolute atomic E-state index is 12.3. The largest absolute Gasteiger partial charge is 0.391 e. The van der Waals surface area contributed by atoms with Crippen molar-refractivity contribution in [1.29, 1.82) is 10.5 Å². The molecule has 1 aromatic heterocycles. The molecular weight excluding hydrogens is 410 g/mol. The number of aliphatic hydroxyl groups is 1. The third kappa shape index (κ3) is 4.36. The number of hydrogen-bond acceptors (Lipinski definition) is 7. The number of benzene rings is 1. The second-order valence-electron chi connectivity index (χ2n) is 7.96. The molecule has 7 nitrogen and oxygen atoms in total. The lowest BCUT2D eigenvalue weighted by Gasteiger charge is -2.32. The van der Waals surface area contributed by atoms with E-state index in [2.05, 4.69) is 12.1 Å². The van der Waals surface area contributed by atoms with Gasteiger partial charge in [0.15, 0.2) is 0 Å². The van der Waals surface area contributed by atoms with Gasteiger partial charge >= 0.3 is 0 Å². The smallest absolute Gasteiger partial charge is 0.235 e. The van der Waals surface area contributed by atoms with Crippen LogP contribution in [0.2, 0.25) is 0 Å². The molecule has 2 heterocycles. The van der Waals surface area contributed by atoms with Crippen LogP contribution in [-0.2, 0) is 4.79 Å². The summed E-state index contributed by atoms with van der Waals surface area (Å²) < 4.78 is 0. The van der Waals surface area contributed by atoms with Crippen LogP contribution >= 0.6 is 11.8 Å². The fourth-order valence-electron chi connectivity index (χ4n) is 4.06. The molecule has 31 heavy (non-hydrogen) atoms. The summed E-state index contributed by atoms with van der Waals surface area (Å²) in [6, 6.07) is 13.7. The average molecular weight is 434 g/mol. The lowest BCUT2D eigenvalue weighted by Crippen LogP contribution is -2.39. The van der Waals surface area contributed by atoms with Gasteiger partial charge < -0.3 is 15.7 Å². The summed E-state index contributed by atoms with van der Waals surface area (Å²) in [4.78, 5) is 18.9. The molecular formula is C23H23N5O2S. The standard InChI is InChI=1S/C23H23N5O2S/c24-11-17-19(14-8-9-14)18(12-25)23(27-22(17)28-10-4-7-16(29)13-28)31-20(21(26)30)15-5-2-1-3-6-15/h1-3,5-6,14,16,20,29H,4,7-10,13H2,(H2,26,30)/t16-,20?/m0/s1. The first-order valence-electron chi connectivity index (χ1n) is 10.4. The first-order chi connectivity index (χ1) is 15.0. The Hall–Kier alpha value is -3.07. The van der Waals surface area contributed by atoms with Gasteiger partial charge in [0.2, 0.25) is 5.91 Å². The molecule has 1 saturated heterocycles. The number of anilines is 1. The second-order valence-corrected chi connectivity index (χ2v) is 9.05. The zero-order valence-corrected chi connectivity index (χ0v) is 17.8. The molecule has 8 heteroatoms. The summed E-state index contributed by atoms with van der Waals surface area (Å²) in [5.41, 5.74) is 7.92. The molecule has 2 atom stereocenters. The van der Waals surface area contributed by atoms with E-state index >= 15 is 0 Å². The van der Waals surface area contributed by atoms with Gasteiger partial charge in [-0.25, -0.2) is 4.98 Å². The molecule has 4 rings (SSSR count). The number of β-amino-alcohol motifs (C(OH)–C–C–N with tert-alkyl or cyclic N) is 1. The Labute approximate surface area is 185 Å². The number of rotatable bonds is 6. The molecule has 158 valence electrons. The lowest BCUT2D eigenvalue weighted by atomic mass is 9.99. The van der Waals surface area contributed by atoms with Crippen LogP contribution in [0.5, 0.6) is 0 Å². The zero-order valence-electron chi connectivity index (χ0n) is 17.0. The third-order valence-electron chi connectivity index (χ3n) is 5.68. The number of carbonyl (C=O) groups is 1. The quantitative estimate of drug-likeness (QED) is 0.670. The number of aromatic nitrogens is 1. The summed E-state index contributed by atoms with van der Waals surface area (Å²) in [6.45, 7) is 1.07. The van der Waals surface area contributed by atoms with Crippen LogP contribution in [0.4, 0.5) is 5.82 Å². The van der Waals surface area contributed by atoms with E-state index in [1.165, 1.54) is 0 Å². The fourth-order valence-corrected chi connectivity index (χ4v) is 5.10. The summed E-state index contributed by atoms with van der Waals surface area (Å²) in [5, 5.41) is 29.8. The highest BCUT2D eigenvalue weighted by atomic mass is 32.2. The van der Waals surface area contributed by atoms with Crippen molar-refractivity contribution in [2.75, 3.05) is 18.0 Å². The minimum atomic E-state index is -0.708. The zero-order chi connectivity index (χ0) is 22.0. The predicted octanol–water partition coefficient (Wildman–Crippen LogP) is 2.98. The summed E-state index contributed by atoms with van der Waals surface area (Å²) >= 11 is 1.15. The summed E-state index contributed by atoms with van der Waals surface area (Å²) in [5.74, 6) is 0.110. The first kappa shape index (κ1) is 21.2. The van der Waals surface area contributed by atoms with Gasteiger partial charge in [-0.15, -0.1) is 0 Å². The number of hydrogen-bond donors (Lipinski definition) is 2. The molecule has 3 N–H and O–H groups in total.